The Balaban J connectivity index is 0.00000144. The van der Waals surface area contributed by atoms with E-state index in [1.807, 2.05) is 60.4 Å². The molecule has 130 valence electrons. The Hall–Kier alpha value is -1.27. The summed E-state index contributed by atoms with van der Waals surface area (Å²) in [7, 11) is 1.89. The smallest absolute Gasteiger partial charge is 0.281 e. The van der Waals surface area contributed by atoms with Crippen LogP contribution in [-0.4, -0.2) is 29.6 Å². The third kappa shape index (κ3) is 5.11. The lowest BCUT2D eigenvalue weighted by Gasteiger charge is -2.19. The molecule has 7 heteroatoms. The van der Waals surface area contributed by atoms with Crippen LogP contribution in [0.1, 0.15) is 16.5 Å². The van der Waals surface area contributed by atoms with Crippen molar-refractivity contribution < 1.29 is 39.9 Å². The van der Waals surface area contributed by atoms with E-state index in [4.69, 9.17) is 0 Å². The number of thioether (sulfide) groups is 1. The Bertz CT molecular complexity index is 630. The van der Waals surface area contributed by atoms with Gasteiger partial charge in [0.15, 0.2) is 23.8 Å². The highest BCUT2D eigenvalue weighted by molar-refractivity contribution is 7.99. The summed E-state index contributed by atoms with van der Waals surface area (Å²) in [5.74, 6) is 1.07. The molecule has 0 bridgehead atoms. The van der Waals surface area contributed by atoms with Crippen molar-refractivity contribution in [2.75, 3.05) is 12.8 Å². The van der Waals surface area contributed by atoms with Crippen LogP contribution in [-0.2, 0) is 11.3 Å². The first-order valence-electron chi connectivity index (χ1n) is 7.45. The number of H-pyrrole nitrogens is 1. The molecule has 1 amide bonds. The number of carbonyl (C=O) groups excluding carboxylic acids is 1. The van der Waals surface area contributed by atoms with Gasteiger partial charge in [-0.2, -0.15) is 0 Å². The first kappa shape index (κ1) is 20.8. The minimum atomic E-state index is 0. The van der Waals surface area contributed by atoms with Gasteiger partial charge >= 0.3 is 0 Å². The number of aromatic nitrogens is 1. The Morgan fingerprint density at radius 3 is 2.67 bits per heavy atom. The normalized spacial score (nSPS) is 19.0. The average molecular weight is 386 g/mol. The number of halogens is 2. The summed E-state index contributed by atoms with van der Waals surface area (Å²) < 4.78 is 0. The summed E-state index contributed by atoms with van der Waals surface area (Å²) in [5.41, 5.74) is 2.40. The summed E-state index contributed by atoms with van der Waals surface area (Å²) in [4.78, 5) is 17.5. The second kappa shape index (κ2) is 9.89. The maximum atomic E-state index is 12.6. The molecule has 1 aliphatic rings. The number of hydrogen-bond donors (Lipinski definition) is 1. The fourth-order valence-electron chi connectivity index (χ4n) is 2.69. The molecule has 2 heterocycles. The van der Waals surface area contributed by atoms with Crippen LogP contribution in [0.2, 0.25) is 0 Å². The summed E-state index contributed by atoms with van der Waals surface area (Å²) in [6, 6.07) is 14.2. The van der Waals surface area contributed by atoms with Gasteiger partial charge in [-0.1, -0.05) is 42.1 Å². The first-order valence-corrected chi connectivity index (χ1v) is 8.50. The van der Waals surface area contributed by atoms with E-state index in [0.717, 1.165) is 5.75 Å². The maximum absolute atomic E-state index is 12.6. The number of carbonyl (C=O) groups is 1. The van der Waals surface area contributed by atoms with Crippen LogP contribution in [0.3, 0.4) is 0 Å². The molecule has 1 fully saturated rings. The van der Waals surface area contributed by atoms with Crippen LogP contribution in [0.15, 0.2) is 54.9 Å². The molecule has 0 spiro atoms. The van der Waals surface area contributed by atoms with Gasteiger partial charge in [-0.25, -0.2) is 4.98 Å². The molecule has 4 nitrogen and oxygen atoms in total. The zero-order chi connectivity index (χ0) is 15.4. The predicted octanol–water partition coefficient (Wildman–Crippen LogP) is -5.16. The predicted molar refractivity (Wildman–Crippen MR) is 86.8 cm³/mol. The molecule has 1 aromatic carbocycles. The number of quaternary nitrogens is 1. The summed E-state index contributed by atoms with van der Waals surface area (Å²) in [5, 5.41) is 2.48. The van der Waals surface area contributed by atoms with Crippen LogP contribution in [0, 0.1) is 0 Å². The van der Waals surface area contributed by atoms with E-state index in [1.165, 1.54) is 11.1 Å². The number of hydrogen-bond acceptors (Lipinski definition) is 2. The van der Waals surface area contributed by atoms with Gasteiger partial charge in [0.25, 0.3) is 5.91 Å². The van der Waals surface area contributed by atoms with Gasteiger partial charge in [0.2, 0.25) is 0 Å². The lowest BCUT2D eigenvalue weighted by Crippen LogP contribution is -3.00. The van der Waals surface area contributed by atoms with E-state index in [9.17, 15) is 4.79 Å². The van der Waals surface area contributed by atoms with Crippen molar-refractivity contribution >= 4 is 17.7 Å². The van der Waals surface area contributed by atoms with Crippen molar-refractivity contribution in [3.05, 3.63) is 66.0 Å². The monoisotopic (exact) mass is 385 g/mol. The second-order valence-corrected chi connectivity index (χ2v) is 6.74. The molecule has 24 heavy (non-hydrogen) atoms. The minimum absolute atomic E-state index is 0. The van der Waals surface area contributed by atoms with E-state index in [1.54, 1.807) is 0 Å². The van der Waals surface area contributed by atoms with Gasteiger partial charge in [-0.3, -0.25) is 4.79 Å². The van der Waals surface area contributed by atoms with Crippen LogP contribution < -0.4 is 35.1 Å². The molecular formula is C17H21Cl2N3OS. The fraction of sp³-hybridized carbons (Fsp3) is 0.294. The van der Waals surface area contributed by atoms with Crippen LogP contribution in [0.4, 0.5) is 0 Å². The zero-order valence-corrected chi connectivity index (χ0v) is 15.7. The molecule has 1 aromatic heterocycles. The minimum Gasteiger partial charge on any atom is -1.00 e. The molecule has 2 aromatic rings. The van der Waals surface area contributed by atoms with Crippen LogP contribution in [0.5, 0.6) is 0 Å². The van der Waals surface area contributed by atoms with E-state index < -0.39 is 0 Å². The largest absolute Gasteiger partial charge is 1.00 e. The maximum Gasteiger partial charge on any atom is 0.281 e. The highest BCUT2D eigenvalue weighted by atomic mass is 35.5. The Morgan fingerprint density at radius 2 is 2.00 bits per heavy atom. The van der Waals surface area contributed by atoms with Gasteiger partial charge in [0, 0.05) is 19.7 Å². The van der Waals surface area contributed by atoms with Crippen LogP contribution in [0.25, 0.3) is 0 Å². The molecule has 3 rings (SSSR count). The zero-order valence-electron chi connectivity index (χ0n) is 13.4. The third-order valence-corrected chi connectivity index (χ3v) is 5.22. The highest BCUT2D eigenvalue weighted by Crippen LogP contribution is 2.26. The molecule has 2 atom stereocenters. The van der Waals surface area contributed by atoms with Gasteiger partial charge in [0.1, 0.15) is 0 Å². The lowest BCUT2D eigenvalue weighted by molar-refractivity contribution is -0.685. The molecular weight excluding hydrogens is 365 g/mol. The number of nitrogens with two attached hydrogens (primary N) is 1. The first-order chi connectivity index (χ1) is 10.7. The molecule has 0 saturated carbocycles. The molecule has 1 aliphatic heterocycles. The lowest BCUT2D eigenvalue weighted by atomic mass is 10.2. The van der Waals surface area contributed by atoms with E-state index >= 15 is 0 Å². The van der Waals surface area contributed by atoms with Gasteiger partial charge in [-0.15, -0.1) is 0 Å². The summed E-state index contributed by atoms with van der Waals surface area (Å²) in [6.45, 7) is 0.665. The summed E-state index contributed by atoms with van der Waals surface area (Å²) >= 11 is 1.83. The van der Waals surface area contributed by atoms with Crippen molar-refractivity contribution in [2.24, 2.45) is 0 Å². The van der Waals surface area contributed by atoms with Crippen LogP contribution >= 0.6 is 11.8 Å². The Labute approximate surface area is 159 Å². The quantitative estimate of drug-likeness (QED) is 0.572. The SMILES string of the molecule is CN(Cc1ccccc1)C(=O)[C@@H]1CSC(c2ccc[nH+]c2)[NH2+]1.[Cl-].[Cl-]. The second-order valence-electron chi connectivity index (χ2n) is 5.57. The highest BCUT2D eigenvalue weighted by Gasteiger charge is 2.37. The summed E-state index contributed by atoms with van der Waals surface area (Å²) in [6.07, 6.45) is 3.91. The topological polar surface area (TPSA) is 51.1 Å². The van der Waals surface area contributed by atoms with Crippen molar-refractivity contribution in [1.29, 1.82) is 0 Å². The number of aromatic amines is 1. The average Bonchev–Trinajstić information content (AvgIpc) is 3.06. The number of likely N-dealkylation sites (N-methyl/N-ethyl adjacent to an activating group) is 1. The molecule has 1 unspecified atom stereocenters. The molecule has 0 aliphatic carbocycles. The fourth-order valence-corrected chi connectivity index (χ4v) is 4.00. The number of pyridine rings is 1. The number of nitrogens with one attached hydrogen (secondary N) is 1. The van der Waals surface area contributed by atoms with Crippen molar-refractivity contribution in [2.45, 2.75) is 18.0 Å². The molecule has 1 saturated heterocycles. The Kier molecular flexibility index (Phi) is 8.56. The molecule has 0 radical (unpaired) electrons. The third-order valence-electron chi connectivity index (χ3n) is 3.88. The number of rotatable bonds is 4. The van der Waals surface area contributed by atoms with E-state index in [0.29, 0.717) is 11.9 Å². The number of nitrogens with zero attached hydrogens (tertiary/aromatic N) is 1. The van der Waals surface area contributed by atoms with Gasteiger partial charge in [-0.05, 0) is 11.6 Å². The van der Waals surface area contributed by atoms with Crippen molar-refractivity contribution in [3.63, 3.8) is 0 Å². The molecule has 3 N–H and O–H groups in total. The number of amides is 1. The van der Waals surface area contributed by atoms with Crippen molar-refractivity contribution in [3.8, 4) is 0 Å². The van der Waals surface area contributed by atoms with Gasteiger partial charge in [0.05, 0.1) is 11.3 Å². The van der Waals surface area contributed by atoms with Crippen molar-refractivity contribution in [1.82, 2.24) is 4.90 Å². The van der Waals surface area contributed by atoms with E-state index in [2.05, 4.69) is 28.5 Å². The standard InChI is InChI=1S/C17H19N3OS.2ClH/c1-20(11-13-6-3-2-4-7-13)17(21)15-12-22-16(19-15)14-8-5-9-18-10-14;;/h2-10,15-16,19H,11-12H2,1H3;2*1H/t15-,16?;;/m0../s1. The van der Waals surface area contributed by atoms with Gasteiger partial charge < -0.3 is 35.0 Å². The van der Waals surface area contributed by atoms with E-state index in [-0.39, 0.29) is 36.8 Å². The Morgan fingerprint density at radius 1 is 1.25 bits per heavy atom. The number of benzene rings is 1.